The number of unbranched alkanes of at least 4 members (excludes halogenated alkanes) is 4. The number of hydrogen-bond acceptors (Lipinski definition) is 14. The van der Waals surface area contributed by atoms with Crippen LogP contribution in [-0.2, 0) is 57.9 Å². The van der Waals surface area contributed by atoms with Crippen LogP contribution in [0.25, 0.3) is 45.0 Å². The van der Waals surface area contributed by atoms with Crippen molar-refractivity contribution < 1.29 is 45.6 Å². The van der Waals surface area contributed by atoms with Crippen LogP contribution in [0.15, 0.2) is 104 Å². The summed E-state index contributed by atoms with van der Waals surface area (Å²) in [6.07, 6.45) is 13.1. The minimum atomic E-state index is -4.53. The molecule has 9 rings (SSSR count). The Bertz CT molecular complexity index is 3750. The Hall–Kier alpha value is -7.51. The monoisotopic (exact) mass is 1510 g/mol. The first-order chi connectivity index (χ1) is 50.6. The number of nitrogens with zero attached hydrogens (tertiary/aromatic N) is 9. The van der Waals surface area contributed by atoms with Gasteiger partial charge in [0.05, 0.1) is 79.6 Å². The van der Waals surface area contributed by atoms with Gasteiger partial charge in [0.2, 0.25) is 0 Å². The predicted molar refractivity (Wildman–Crippen MR) is 433 cm³/mol. The maximum Gasteiger partial charge on any atom is 0.419 e. The molecule has 1 aliphatic rings. The van der Waals surface area contributed by atoms with Gasteiger partial charge in [-0.3, -0.25) is 20.4 Å². The maximum atomic E-state index is 14.1. The number of halogens is 5. The topological polar surface area (TPSA) is 177 Å². The number of benzene rings is 4. The third-order valence-corrected chi connectivity index (χ3v) is 18.7. The van der Waals surface area contributed by atoms with E-state index in [0.717, 1.165) is 139 Å². The minimum absolute atomic E-state index is 0. The van der Waals surface area contributed by atoms with Crippen LogP contribution in [0.5, 0.6) is 11.5 Å². The fraction of sp³-hybridized carbons (Fsp3) is 0.576. The van der Waals surface area contributed by atoms with Crippen LogP contribution in [0.1, 0.15) is 186 Å². The molecule has 0 aliphatic carbocycles. The average Bonchev–Trinajstić information content (AvgIpc) is 1.26. The van der Waals surface area contributed by atoms with Crippen molar-refractivity contribution in [3.8, 4) is 56.5 Å². The van der Waals surface area contributed by atoms with Crippen molar-refractivity contribution in [2.24, 2.45) is 11.8 Å². The van der Waals surface area contributed by atoms with E-state index >= 15 is 0 Å². The van der Waals surface area contributed by atoms with Gasteiger partial charge in [-0.1, -0.05) is 132 Å². The van der Waals surface area contributed by atoms with Crippen molar-refractivity contribution in [1.29, 1.82) is 0 Å². The van der Waals surface area contributed by atoms with Gasteiger partial charge >= 0.3 is 6.18 Å². The van der Waals surface area contributed by atoms with Crippen molar-refractivity contribution in [3.05, 3.63) is 148 Å². The van der Waals surface area contributed by atoms with Gasteiger partial charge in [0, 0.05) is 129 Å². The van der Waals surface area contributed by atoms with Crippen LogP contribution < -0.4 is 14.4 Å². The number of rotatable bonds is 39. The van der Waals surface area contributed by atoms with Gasteiger partial charge in [-0.25, -0.2) is 8.78 Å². The van der Waals surface area contributed by atoms with Crippen LogP contribution >= 0.6 is 0 Å². The first-order valence-electron chi connectivity index (χ1n) is 38.0. The van der Waals surface area contributed by atoms with E-state index in [1.807, 2.05) is 32.4 Å². The Labute approximate surface area is 644 Å². The van der Waals surface area contributed by atoms with Gasteiger partial charge in [-0.05, 0) is 165 Å². The number of nitrogens with one attached hydrogen (secondary N) is 4. The van der Waals surface area contributed by atoms with E-state index in [9.17, 15) is 22.0 Å². The molecule has 8 aromatic rings. The highest BCUT2D eigenvalue weighted by molar-refractivity contribution is 5.69. The number of aryl methyl sites for hydroxylation is 1. The lowest BCUT2D eigenvalue weighted by molar-refractivity contribution is -0.139. The molecule has 1 saturated heterocycles. The normalized spacial score (nSPS) is 13.1. The summed E-state index contributed by atoms with van der Waals surface area (Å²) in [4.78, 5) is 11.4. The second-order valence-electron chi connectivity index (χ2n) is 29.5. The molecule has 1 atom stereocenters. The molecule has 108 heavy (non-hydrogen) atoms. The molecular formula is C85H132F5N13O5. The molecule has 602 valence electrons. The van der Waals surface area contributed by atoms with Gasteiger partial charge in [0.1, 0.15) is 18.1 Å². The van der Waals surface area contributed by atoms with Crippen LogP contribution in [0, 0.1) is 18.8 Å². The molecule has 0 radical (unpaired) electrons. The smallest absolute Gasteiger partial charge is 0.419 e. The summed E-state index contributed by atoms with van der Waals surface area (Å²) in [5.41, 5.74) is 13.6. The number of hydrogen-bond donors (Lipinski definition) is 4. The summed E-state index contributed by atoms with van der Waals surface area (Å²) in [7, 11) is 12.0. The summed E-state index contributed by atoms with van der Waals surface area (Å²) in [6.45, 7) is 34.2. The molecule has 0 spiro atoms. The second-order valence-corrected chi connectivity index (χ2v) is 29.5. The second kappa shape index (κ2) is 46.9. The summed E-state index contributed by atoms with van der Waals surface area (Å²) in [5.74, 6) is -1.70. The van der Waals surface area contributed by atoms with Gasteiger partial charge in [0.25, 0.3) is 5.92 Å². The van der Waals surface area contributed by atoms with Crippen molar-refractivity contribution >= 4 is 5.69 Å². The number of aromatic nitrogens is 8. The molecule has 1 fully saturated rings. The predicted octanol–water partition coefficient (Wildman–Crippen LogP) is 19.8. The SMILES string of the molecule is C.C.CCCCN(C)Cc1cn[nH]c1-c1cc(C)c(OCCOC)c(C(F)(F)F)c1.CCCCN(C)Cc1cn[nH]c1-c1cc(OCC2CCOC2)cc(C(C)(F)F)c1.CCCCN(C)Cc1cn[nH]c1-c1ccc(C(C)(C)COCC)cc1.CCCCN(C)Cc1cn[nH]c1-c1ccc(N(C)CC(C)C)cc1. The molecule has 4 N–H and O–H groups in total. The molecule has 0 amide bonds. The summed E-state index contributed by atoms with van der Waals surface area (Å²) in [6, 6.07) is 25.2. The lowest BCUT2D eigenvalue weighted by Gasteiger charge is -2.25. The fourth-order valence-corrected chi connectivity index (χ4v) is 12.5. The van der Waals surface area contributed by atoms with Crippen molar-refractivity contribution in [3.63, 3.8) is 0 Å². The first-order valence-corrected chi connectivity index (χ1v) is 38.0. The highest BCUT2D eigenvalue weighted by atomic mass is 19.4. The quantitative estimate of drug-likeness (QED) is 0.0211. The van der Waals surface area contributed by atoms with Crippen molar-refractivity contribution in [1.82, 2.24) is 60.4 Å². The van der Waals surface area contributed by atoms with Crippen LogP contribution in [0.3, 0.4) is 0 Å². The highest BCUT2D eigenvalue weighted by Crippen LogP contribution is 2.42. The number of ether oxygens (including phenoxy) is 5. The van der Waals surface area contributed by atoms with E-state index in [-0.39, 0.29) is 44.8 Å². The third kappa shape index (κ3) is 30.1. The number of alkyl halides is 5. The van der Waals surface area contributed by atoms with Crippen molar-refractivity contribution in [2.75, 3.05) is 126 Å². The Balaban J connectivity index is 0.000000303. The van der Waals surface area contributed by atoms with E-state index in [1.165, 1.54) is 78.4 Å². The molecule has 1 aliphatic heterocycles. The van der Waals surface area contributed by atoms with Crippen LogP contribution in [0.4, 0.5) is 27.6 Å². The largest absolute Gasteiger partial charge is 0.493 e. The van der Waals surface area contributed by atoms with Gasteiger partial charge in [0.15, 0.2) is 0 Å². The zero-order valence-electron chi connectivity index (χ0n) is 66.6. The Kier molecular flexibility index (Phi) is 40.3. The lowest BCUT2D eigenvalue weighted by Crippen LogP contribution is -2.24. The van der Waals surface area contributed by atoms with Crippen LogP contribution in [0.2, 0.25) is 0 Å². The standard InChI is InChI=1S/C22H31F2N3O2.C21H33N3O.C20H28F3N3O2.C20H32N4.2CH4/c1-4-5-7-27(3)13-18-12-25-26-21(18)17-9-19(22(2,23)24)11-20(10-17)29-15-16-6-8-28-14-16;1-6-8-13-24(5)15-18-14-22-23-20(18)17-9-11-19(12-10-17)21(3,4)16-25-7-2;1-5-6-7-26(3)13-16-12-24-25-18(16)15-10-14(2)19(28-9-8-27-4)17(11-15)20(21,22)23;1-6-7-12-23(4)15-18-13-21-22-20(18)17-8-10-19(11-9-17)24(5)14-16(2)3;;/h9-12,16H,4-8,13-15H2,1-3H3,(H,25,26);9-12,14H,6-8,13,15-16H2,1-5H3,(H,22,23);10-12H,5-9,13H2,1-4H3,(H,24,25);8-11,13,16H,6-7,12,14-15H2,1-5H3,(H,21,22);2*1H4. The highest BCUT2D eigenvalue weighted by Gasteiger charge is 2.36. The number of methoxy groups -OCH3 is 1. The number of anilines is 1. The molecule has 4 aromatic carbocycles. The molecule has 0 saturated carbocycles. The molecule has 0 bridgehead atoms. The minimum Gasteiger partial charge on any atom is -0.493 e. The van der Waals surface area contributed by atoms with E-state index in [4.69, 9.17) is 23.7 Å². The number of aromatic amines is 4. The lowest BCUT2D eigenvalue weighted by atomic mass is 9.85. The Morgan fingerprint density at radius 1 is 0.546 bits per heavy atom. The number of H-pyrrole nitrogens is 4. The molecule has 23 heteroatoms. The van der Waals surface area contributed by atoms with E-state index < -0.39 is 17.7 Å². The van der Waals surface area contributed by atoms with E-state index in [1.54, 1.807) is 25.4 Å². The zero-order chi connectivity index (χ0) is 77.4. The van der Waals surface area contributed by atoms with E-state index in [2.05, 4.69) is 197 Å². The van der Waals surface area contributed by atoms with E-state index in [0.29, 0.717) is 66.3 Å². The Morgan fingerprint density at radius 3 is 1.37 bits per heavy atom. The Morgan fingerprint density at radius 2 is 0.981 bits per heavy atom. The fourth-order valence-electron chi connectivity index (χ4n) is 12.5. The zero-order valence-corrected chi connectivity index (χ0v) is 66.6. The van der Waals surface area contributed by atoms with Gasteiger partial charge in [-0.15, -0.1) is 0 Å². The maximum absolute atomic E-state index is 14.1. The van der Waals surface area contributed by atoms with Crippen LogP contribution in [-0.4, -0.2) is 182 Å². The molecular weight excluding hydrogens is 1380 g/mol. The van der Waals surface area contributed by atoms with Gasteiger partial charge in [-0.2, -0.15) is 33.6 Å². The average molecular weight is 1510 g/mol. The third-order valence-electron chi connectivity index (χ3n) is 18.7. The van der Waals surface area contributed by atoms with Gasteiger partial charge < -0.3 is 48.2 Å². The summed E-state index contributed by atoms with van der Waals surface area (Å²) in [5, 5.41) is 29.0. The van der Waals surface area contributed by atoms with Crippen molar-refractivity contribution in [2.45, 2.75) is 192 Å². The summed E-state index contributed by atoms with van der Waals surface area (Å²) >= 11 is 0. The first kappa shape index (κ1) is 92.9. The molecule has 1 unspecified atom stereocenters. The molecule has 4 aromatic heterocycles. The summed E-state index contributed by atoms with van der Waals surface area (Å²) < 4.78 is 96.4. The molecule has 5 heterocycles. The molecule has 18 nitrogen and oxygen atoms in total.